The van der Waals surface area contributed by atoms with Gasteiger partial charge in [0, 0.05) is 12.8 Å². The summed E-state index contributed by atoms with van der Waals surface area (Å²) in [5.74, 6) is 0.185. The third kappa shape index (κ3) is 9.43. The van der Waals surface area contributed by atoms with Crippen LogP contribution < -0.4 is 25.0 Å². The molecule has 0 heterocycles. The average molecular weight is 597 g/mol. The zero-order valence-electron chi connectivity index (χ0n) is 19.8. The summed E-state index contributed by atoms with van der Waals surface area (Å²) in [6, 6.07) is 10.5. The number of benzene rings is 2. The second kappa shape index (κ2) is 14.8. The molecule has 0 unspecified atom stereocenters. The van der Waals surface area contributed by atoms with Gasteiger partial charge in [0.1, 0.15) is 5.75 Å². The van der Waals surface area contributed by atoms with Gasteiger partial charge in [-0.1, -0.05) is 12.1 Å². The molecule has 11 heteroatoms. The van der Waals surface area contributed by atoms with Gasteiger partial charge in [-0.15, -0.1) is 0 Å². The van der Waals surface area contributed by atoms with Gasteiger partial charge in [0.05, 0.1) is 35.8 Å². The molecule has 0 fully saturated rings. The lowest BCUT2D eigenvalue weighted by Gasteiger charge is -2.14. The van der Waals surface area contributed by atoms with Crippen molar-refractivity contribution in [2.45, 2.75) is 26.7 Å². The van der Waals surface area contributed by atoms with Crippen molar-refractivity contribution >= 4 is 52.3 Å². The van der Waals surface area contributed by atoms with E-state index in [4.69, 9.17) is 18.9 Å². The normalized spacial score (nSPS) is 10.5. The van der Waals surface area contributed by atoms with Gasteiger partial charge in [-0.05, 0) is 66.3 Å². The number of nitrogens with zero attached hydrogens (tertiary/aromatic N) is 1. The van der Waals surface area contributed by atoms with E-state index in [0.717, 1.165) is 0 Å². The van der Waals surface area contributed by atoms with Crippen molar-refractivity contribution in [3.05, 3.63) is 45.5 Å². The Labute approximate surface area is 217 Å². The molecule has 2 amide bonds. The van der Waals surface area contributed by atoms with Crippen LogP contribution in [0.5, 0.6) is 17.2 Å². The van der Waals surface area contributed by atoms with E-state index in [1.54, 1.807) is 43.3 Å². The zero-order valence-corrected chi connectivity index (χ0v) is 21.9. The number of hydrogen-bond acceptors (Lipinski definition) is 8. The third-order valence-electron chi connectivity index (χ3n) is 4.33. The van der Waals surface area contributed by atoms with E-state index in [0.29, 0.717) is 38.7 Å². The number of carbonyl (C=O) groups excluding carboxylic acids is 3. The molecule has 2 aromatic carbocycles. The van der Waals surface area contributed by atoms with Crippen molar-refractivity contribution in [2.75, 3.05) is 32.2 Å². The minimum absolute atomic E-state index is 0.0156. The number of carbonyl (C=O) groups is 3. The first-order chi connectivity index (χ1) is 16.9. The Morgan fingerprint density at radius 2 is 1.74 bits per heavy atom. The number of rotatable bonds is 13. The molecule has 2 rings (SSSR count). The minimum Gasteiger partial charge on any atom is -0.495 e. The summed E-state index contributed by atoms with van der Waals surface area (Å²) in [6.07, 6.45) is 1.39. The number of esters is 1. The number of anilines is 1. The third-order valence-corrected chi connectivity index (χ3v) is 5.14. The summed E-state index contributed by atoms with van der Waals surface area (Å²) < 4.78 is 22.0. The molecule has 2 N–H and O–H groups in total. The lowest BCUT2D eigenvalue weighted by Crippen LogP contribution is -2.20. The van der Waals surface area contributed by atoms with Crippen molar-refractivity contribution in [3.63, 3.8) is 0 Å². The van der Waals surface area contributed by atoms with E-state index in [1.807, 2.05) is 6.92 Å². The summed E-state index contributed by atoms with van der Waals surface area (Å²) in [5, 5.41) is 6.67. The highest BCUT2D eigenvalue weighted by molar-refractivity contribution is 14.1. The molecule has 0 bridgehead atoms. The quantitative estimate of drug-likeness (QED) is 0.157. The fraction of sp³-hybridized carbons (Fsp3) is 0.333. The lowest BCUT2D eigenvalue weighted by atomic mass is 10.2. The first-order valence-corrected chi connectivity index (χ1v) is 11.9. The Morgan fingerprint density at radius 1 is 1.00 bits per heavy atom. The topological polar surface area (TPSA) is 125 Å². The van der Waals surface area contributed by atoms with Gasteiger partial charge in [0.2, 0.25) is 11.8 Å². The number of halogens is 1. The molecule has 0 aliphatic carbocycles. The fourth-order valence-electron chi connectivity index (χ4n) is 2.82. The second-order valence-electron chi connectivity index (χ2n) is 6.90. The highest BCUT2D eigenvalue weighted by Crippen LogP contribution is 2.34. The largest absolute Gasteiger partial charge is 0.495 e. The van der Waals surface area contributed by atoms with Crippen LogP contribution in [0.25, 0.3) is 0 Å². The molecule has 0 saturated carbocycles. The van der Waals surface area contributed by atoms with Crippen LogP contribution in [0.1, 0.15) is 32.3 Å². The van der Waals surface area contributed by atoms with Crippen LogP contribution in [-0.2, 0) is 19.1 Å². The maximum absolute atomic E-state index is 12.1. The van der Waals surface area contributed by atoms with Crippen LogP contribution in [0.4, 0.5) is 5.69 Å². The fourth-order valence-corrected chi connectivity index (χ4v) is 3.60. The first-order valence-electron chi connectivity index (χ1n) is 10.9. The highest BCUT2D eigenvalue weighted by Gasteiger charge is 2.14. The van der Waals surface area contributed by atoms with Gasteiger partial charge in [-0.2, -0.15) is 5.10 Å². The molecular formula is C24H28IN3O7. The highest BCUT2D eigenvalue weighted by atomic mass is 127. The lowest BCUT2D eigenvalue weighted by molar-refractivity contribution is -0.145. The number of para-hydroxylation sites is 2. The van der Waals surface area contributed by atoms with Crippen LogP contribution in [0.2, 0.25) is 0 Å². The van der Waals surface area contributed by atoms with Crippen molar-refractivity contribution in [1.82, 2.24) is 5.43 Å². The van der Waals surface area contributed by atoms with Crippen molar-refractivity contribution in [1.29, 1.82) is 0 Å². The smallest absolute Gasteiger partial charge is 0.344 e. The molecule has 2 aromatic rings. The summed E-state index contributed by atoms with van der Waals surface area (Å²) in [6.45, 7) is 3.97. The Kier molecular flexibility index (Phi) is 11.8. The second-order valence-corrected chi connectivity index (χ2v) is 8.06. The predicted octanol–water partition coefficient (Wildman–Crippen LogP) is 3.51. The van der Waals surface area contributed by atoms with E-state index in [-0.39, 0.29) is 32.0 Å². The van der Waals surface area contributed by atoms with E-state index in [1.165, 1.54) is 13.3 Å². The molecular weight excluding hydrogens is 569 g/mol. The standard InChI is InChI=1S/C24H28IN3O7/c1-4-33-20-13-16(12-17(25)24(20)35-15-23(31)34-5-2)14-26-28-22(30)11-10-21(29)27-18-8-6-7-9-19(18)32-3/h6-9,12-14H,4-5,10-11,15H2,1-3H3,(H,27,29)(H,28,30). The zero-order chi connectivity index (χ0) is 25.6. The molecule has 0 saturated heterocycles. The molecule has 0 aliphatic heterocycles. The Hall–Kier alpha value is -3.35. The monoisotopic (exact) mass is 597 g/mol. The van der Waals surface area contributed by atoms with Crippen LogP contribution in [0.15, 0.2) is 41.5 Å². The molecule has 0 aromatic heterocycles. The van der Waals surface area contributed by atoms with Gasteiger partial charge in [0.25, 0.3) is 0 Å². The van der Waals surface area contributed by atoms with E-state index < -0.39 is 11.9 Å². The molecule has 35 heavy (non-hydrogen) atoms. The van der Waals surface area contributed by atoms with E-state index in [9.17, 15) is 14.4 Å². The number of hydrazone groups is 1. The number of nitrogens with one attached hydrogen (secondary N) is 2. The number of hydrogen-bond donors (Lipinski definition) is 2. The predicted molar refractivity (Wildman–Crippen MR) is 139 cm³/mol. The molecule has 0 aliphatic rings. The Morgan fingerprint density at radius 3 is 2.46 bits per heavy atom. The average Bonchev–Trinajstić information content (AvgIpc) is 2.83. The van der Waals surface area contributed by atoms with Crippen molar-refractivity contribution in [2.24, 2.45) is 5.10 Å². The first kappa shape index (κ1) is 27.9. The maximum Gasteiger partial charge on any atom is 0.344 e. The van der Waals surface area contributed by atoms with Gasteiger partial charge < -0.3 is 24.3 Å². The molecule has 188 valence electrons. The van der Waals surface area contributed by atoms with Crippen molar-refractivity contribution < 1.29 is 33.3 Å². The molecule has 10 nitrogen and oxygen atoms in total. The Balaban J connectivity index is 1.91. The molecule has 0 atom stereocenters. The van der Waals surface area contributed by atoms with Crippen molar-refractivity contribution in [3.8, 4) is 17.2 Å². The van der Waals surface area contributed by atoms with Gasteiger partial charge in [-0.3, -0.25) is 9.59 Å². The summed E-state index contributed by atoms with van der Waals surface area (Å²) in [7, 11) is 1.51. The van der Waals surface area contributed by atoms with E-state index >= 15 is 0 Å². The van der Waals surface area contributed by atoms with Crippen LogP contribution in [0.3, 0.4) is 0 Å². The van der Waals surface area contributed by atoms with E-state index in [2.05, 4.69) is 38.4 Å². The Bertz CT molecular complexity index is 1060. The summed E-state index contributed by atoms with van der Waals surface area (Å²) in [4.78, 5) is 35.8. The number of methoxy groups -OCH3 is 1. The van der Waals surface area contributed by atoms with Gasteiger partial charge in [0.15, 0.2) is 18.1 Å². The van der Waals surface area contributed by atoms with Gasteiger partial charge in [-0.25, -0.2) is 10.2 Å². The van der Waals surface area contributed by atoms with Crippen LogP contribution in [0, 0.1) is 3.57 Å². The maximum atomic E-state index is 12.1. The molecule has 0 radical (unpaired) electrons. The number of amides is 2. The SMILES string of the molecule is CCOC(=O)COc1c(I)cc(C=NNC(=O)CCC(=O)Nc2ccccc2OC)cc1OCC. The van der Waals surface area contributed by atoms with Gasteiger partial charge >= 0.3 is 5.97 Å². The molecule has 0 spiro atoms. The number of ether oxygens (including phenoxy) is 4. The summed E-state index contributed by atoms with van der Waals surface area (Å²) in [5.41, 5.74) is 3.59. The van der Waals surface area contributed by atoms with Crippen LogP contribution >= 0.6 is 22.6 Å². The van der Waals surface area contributed by atoms with Crippen LogP contribution in [-0.4, -0.2) is 50.9 Å². The minimum atomic E-state index is -0.476. The summed E-state index contributed by atoms with van der Waals surface area (Å²) >= 11 is 2.06.